The molecule has 0 heterocycles. The fourth-order valence-electron chi connectivity index (χ4n) is 0.129. The molecule has 0 fully saturated rings. The molecule has 0 radical (unpaired) electrons. The van der Waals surface area contributed by atoms with Gasteiger partial charge in [0.05, 0.1) is 12.7 Å². The Balaban J connectivity index is -0.000000125. The molecule has 0 saturated heterocycles. The minimum absolute atomic E-state index is 0. The average molecular weight is 122 g/mol. The van der Waals surface area contributed by atoms with Crippen molar-refractivity contribution in [3.63, 3.8) is 0 Å². The number of rotatable bonds is 2. The Hall–Kier alpha value is -0.0800. The molecule has 0 bridgehead atoms. The van der Waals surface area contributed by atoms with Gasteiger partial charge in [0.1, 0.15) is 0 Å². The Kier molecular flexibility index (Phi) is 19.6. The molecule has 0 rings (SSSR count). The van der Waals surface area contributed by atoms with Gasteiger partial charge in [-0.05, 0) is 6.42 Å². The van der Waals surface area contributed by atoms with Crippen LogP contribution in [0.25, 0.3) is 0 Å². The number of aliphatic hydroxyl groups excluding tert-OH is 2. The summed E-state index contributed by atoms with van der Waals surface area (Å²) in [6, 6.07) is 0. The Morgan fingerprint density at radius 1 is 1.38 bits per heavy atom. The van der Waals surface area contributed by atoms with Crippen LogP contribution >= 0.6 is 0 Å². The van der Waals surface area contributed by atoms with Crippen molar-refractivity contribution in [2.45, 2.75) is 34.3 Å². The van der Waals surface area contributed by atoms with E-state index in [1.807, 2.05) is 6.92 Å². The lowest BCUT2D eigenvalue weighted by atomic mass is 10.3. The second kappa shape index (κ2) is 10.0. The van der Waals surface area contributed by atoms with Crippen molar-refractivity contribution >= 4 is 0 Å². The van der Waals surface area contributed by atoms with E-state index in [4.69, 9.17) is 10.2 Å². The van der Waals surface area contributed by atoms with E-state index in [0.717, 1.165) is 0 Å². The Morgan fingerprint density at radius 3 is 1.75 bits per heavy atom. The van der Waals surface area contributed by atoms with Gasteiger partial charge in [-0.2, -0.15) is 0 Å². The molecule has 8 heavy (non-hydrogen) atoms. The summed E-state index contributed by atoms with van der Waals surface area (Å²) >= 11 is 0. The SMILES string of the molecule is C.C.CCC(O)CO. The lowest BCUT2D eigenvalue weighted by molar-refractivity contribution is 0.0923. The summed E-state index contributed by atoms with van der Waals surface area (Å²) in [4.78, 5) is 0. The highest BCUT2D eigenvalue weighted by atomic mass is 16.3. The van der Waals surface area contributed by atoms with Crippen molar-refractivity contribution in [1.82, 2.24) is 0 Å². The van der Waals surface area contributed by atoms with E-state index < -0.39 is 6.10 Å². The number of hydrogen-bond donors (Lipinski definition) is 2. The van der Waals surface area contributed by atoms with Crippen LogP contribution in [0.4, 0.5) is 0 Å². The molecule has 0 aliphatic heterocycles. The van der Waals surface area contributed by atoms with Crippen LogP contribution in [0.5, 0.6) is 0 Å². The van der Waals surface area contributed by atoms with Crippen LogP contribution in [0.15, 0.2) is 0 Å². The maximum absolute atomic E-state index is 8.42. The molecule has 0 aliphatic rings. The summed E-state index contributed by atoms with van der Waals surface area (Å²) in [6.45, 7) is 1.71. The molecule has 0 aliphatic carbocycles. The van der Waals surface area contributed by atoms with Crippen LogP contribution < -0.4 is 0 Å². The van der Waals surface area contributed by atoms with E-state index in [9.17, 15) is 0 Å². The van der Waals surface area contributed by atoms with Gasteiger partial charge in [-0.25, -0.2) is 0 Å². The fourth-order valence-corrected chi connectivity index (χ4v) is 0.129. The third-order valence-electron chi connectivity index (χ3n) is 0.682. The second-order valence-electron chi connectivity index (χ2n) is 1.24. The standard InChI is InChI=1S/C4H10O2.2CH4/c1-2-4(6)3-5;;/h4-6H,2-3H2,1H3;2*1H4. The normalized spacial score (nSPS) is 10.9. The number of aliphatic hydroxyl groups is 2. The third kappa shape index (κ3) is 9.33. The van der Waals surface area contributed by atoms with Gasteiger partial charge < -0.3 is 10.2 Å². The van der Waals surface area contributed by atoms with Crippen molar-refractivity contribution in [2.75, 3.05) is 6.61 Å². The highest BCUT2D eigenvalue weighted by molar-refractivity contribution is 4.43. The van der Waals surface area contributed by atoms with Crippen LogP contribution in [0.3, 0.4) is 0 Å². The van der Waals surface area contributed by atoms with Gasteiger partial charge >= 0.3 is 0 Å². The maximum Gasteiger partial charge on any atom is 0.0768 e. The quantitative estimate of drug-likeness (QED) is 0.574. The zero-order valence-electron chi connectivity index (χ0n) is 3.89. The second-order valence-corrected chi connectivity index (χ2v) is 1.24. The monoisotopic (exact) mass is 122 g/mol. The van der Waals surface area contributed by atoms with E-state index in [-0.39, 0.29) is 21.5 Å². The number of hydrogen-bond acceptors (Lipinski definition) is 2. The van der Waals surface area contributed by atoms with Crippen LogP contribution in [-0.2, 0) is 0 Å². The van der Waals surface area contributed by atoms with Gasteiger partial charge in [-0.3, -0.25) is 0 Å². The molecule has 0 aromatic carbocycles. The topological polar surface area (TPSA) is 40.5 Å². The molecule has 0 saturated carbocycles. The smallest absolute Gasteiger partial charge is 0.0768 e. The van der Waals surface area contributed by atoms with Crippen molar-refractivity contribution in [3.05, 3.63) is 0 Å². The first-order valence-corrected chi connectivity index (χ1v) is 2.10. The Morgan fingerprint density at radius 2 is 1.75 bits per heavy atom. The first kappa shape index (κ1) is 15.7. The van der Waals surface area contributed by atoms with E-state index in [2.05, 4.69) is 0 Å². The molecular formula is C6H18O2. The highest BCUT2D eigenvalue weighted by Crippen LogP contribution is 1.83. The van der Waals surface area contributed by atoms with Crippen LogP contribution in [-0.4, -0.2) is 22.9 Å². The molecule has 2 N–H and O–H groups in total. The first-order chi connectivity index (χ1) is 2.81. The Labute approximate surface area is 52.2 Å². The molecule has 1 unspecified atom stereocenters. The predicted octanol–water partition coefficient (Wildman–Crippen LogP) is 1.02. The van der Waals surface area contributed by atoms with Crippen molar-refractivity contribution in [1.29, 1.82) is 0 Å². The van der Waals surface area contributed by atoms with Crippen molar-refractivity contribution in [2.24, 2.45) is 0 Å². The first-order valence-electron chi connectivity index (χ1n) is 2.10. The highest BCUT2D eigenvalue weighted by Gasteiger charge is 1.92. The van der Waals surface area contributed by atoms with Crippen LogP contribution in [0.1, 0.15) is 28.2 Å². The van der Waals surface area contributed by atoms with Gasteiger partial charge in [0.15, 0.2) is 0 Å². The van der Waals surface area contributed by atoms with Crippen molar-refractivity contribution < 1.29 is 10.2 Å². The van der Waals surface area contributed by atoms with E-state index >= 15 is 0 Å². The van der Waals surface area contributed by atoms with Crippen molar-refractivity contribution in [3.8, 4) is 0 Å². The molecule has 54 valence electrons. The minimum atomic E-state index is -0.509. The van der Waals surface area contributed by atoms with E-state index in [1.54, 1.807) is 0 Å². The molecule has 0 aromatic rings. The minimum Gasteiger partial charge on any atom is -0.394 e. The summed E-state index contributed by atoms with van der Waals surface area (Å²) in [5, 5.41) is 16.5. The van der Waals surface area contributed by atoms with Gasteiger partial charge in [0, 0.05) is 0 Å². The van der Waals surface area contributed by atoms with Gasteiger partial charge in [-0.15, -0.1) is 0 Å². The molecule has 2 heteroatoms. The summed E-state index contributed by atoms with van der Waals surface area (Å²) in [7, 11) is 0. The summed E-state index contributed by atoms with van der Waals surface area (Å²) in [6.07, 6.45) is 0.126. The molecule has 0 amide bonds. The summed E-state index contributed by atoms with van der Waals surface area (Å²) in [5.41, 5.74) is 0. The van der Waals surface area contributed by atoms with Gasteiger partial charge in [-0.1, -0.05) is 21.8 Å². The van der Waals surface area contributed by atoms with E-state index in [1.165, 1.54) is 0 Å². The summed E-state index contributed by atoms with van der Waals surface area (Å²) < 4.78 is 0. The molecule has 1 atom stereocenters. The van der Waals surface area contributed by atoms with Gasteiger partial charge in [0.2, 0.25) is 0 Å². The average Bonchev–Trinajstić information content (AvgIpc) is 1.65. The molecular weight excluding hydrogens is 104 g/mol. The third-order valence-corrected chi connectivity index (χ3v) is 0.682. The largest absolute Gasteiger partial charge is 0.394 e. The van der Waals surface area contributed by atoms with Crippen LogP contribution in [0.2, 0.25) is 0 Å². The van der Waals surface area contributed by atoms with Gasteiger partial charge in [0.25, 0.3) is 0 Å². The van der Waals surface area contributed by atoms with E-state index in [0.29, 0.717) is 6.42 Å². The van der Waals surface area contributed by atoms with Crippen LogP contribution in [0, 0.1) is 0 Å². The lowest BCUT2D eigenvalue weighted by Crippen LogP contribution is -2.08. The lowest BCUT2D eigenvalue weighted by Gasteiger charge is -1.97. The Bertz CT molecular complexity index is 25.7. The zero-order chi connectivity index (χ0) is 4.99. The molecule has 0 spiro atoms. The summed E-state index contributed by atoms with van der Waals surface area (Å²) in [5.74, 6) is 0. The predicted molar refractivity (Wildman–Crippen MR) is 36.8 cm³/mol. The molecule has 0 aromatic heterocycles. The fraction of sp³-hybridized carbons (Fsp3) is 1.00. The molecule has 2 nitrogen and oxygen atoms in total. The maximum atomic E-state index is 8.42. The zero-order valence-corrected chi connectivity index (χ0v) is 3.89.